The summed E-state index contributed by atoms with van der Waals surface area (Å²) in [6.45, 7) is 4.58. The molecule has 4 N–H and O–H groups in total. The second-order valence-corrected chi connectivity index (χ2v) is 8.77. The van der Waals surface area contributed by atoms with Gasteiger partial charge in [0.25, 0.3) is 5.91 Å². The van der Waals surface area contributed by atoms with Crippen LogP contribution in [-0.4, -0.2) is 30.9 Å². The molecule has 1 aliphatic rings. The van der Waals surface area contributed by atoms with Crippen molar-refractivity contribution in [2.75, 3.05) is 18.4 Å². The molecule has 0 saturated heterocycles. The van der Waals surface area contributed by atoms with E-state index in [0.717, 1.165) is 24.9 Å². The molecular formula is C26H33N3O4. The first-order valence-electron chi connectivity index (χ1n) is 11.5. The van der Waals surface area contributed by atoms with Crippen LogP contribution < -0.4 is 21.1 Å². The second kappa shape index (κ2) is 11.6. The standard InChI is InChI=1S/C26H33N3O4/c1-17(25(31)28-16-20-7-5-6-19(14-20)15-27)21-10-12-22(13-11-21)29-26(32)23-8-3-4-9-24(23)33-18(2)30/h3-4,8-13,17,19-20H,5-7,14-16,27H2,1-2H3,(H,28,31)(H,29,32). The maximum atomic E-state index is 12.7. The summed E-state index contributed by atoms with van der Waals surface area (Å²) in [7, 11) is 0. The van der Waals surface area contributed by atoms with Gasteiger partial charge in [-0.25, -0.2) is 0 Å². The van der Waals surface area contributed by atoms with Crippen molar-refractivity contribution in [3.05, 3.63) is 59.7 Å². The highest BCUT2D eigenvalue weighted by molar-refractivity contribution is 6.06. The summed E-state index contributed by atoms with van der Waals surface area (Å²) in [5, 5.41) is 5.90. The van der Waals surface area contributed by atoms with Gasteiger partial charge in [0.15, 0.2) is 0 Å². The minimum atomic E-state index is -0.491. The minimum absolute atomic E-state index is 0.00281. The van der Waals surface area contributed by atoms with Crippen molar-refractivity contribution in [2.24, 2.45) is 17.6 Å². The Hall–Kier alpha value is -3.19. The molecule has 0 aromatic heterocycles. The molecule has 2 amide bonds. The van der Waals surface area contributed by atoms with E-state index in [1.54, 1.807) is 36.4 Å². The van der Waals surface area contributed by atoms with Gasteiger partial charge < -0.3 is 21.1 Å². The van der Waals surface area contributed by atoms with Crippen LogP contribution in [0, 0.1) is 11.8 Å². The molecule has 7 heteroatoms. The molecular weight excluding hydrogens is 418 g/mol. The molecule has 1 aliphatic carbocycles. The molecule has 3 rings (SSSR count). The van der Waals surface area contributed by atoms with Crippen molar-refractivity contribution in [2.45, 2.75) is 45.4 Å². The van der Waals surface area contributed by atoms with Gasteiger partial charge in [0, 0.05) is 19.2 Å². The van der Waals surface area contributed by atoms with Gasteiger partial charge >= 0.3 is 5.97 Å². The Morgan fingerprint density at radius 3 is 2.45 bits per heavy atom. The van der Waals surface area contributed by atoms with Gasteiger partial charge in [-0.15, -0.1) is 0 Å². The number of nitrogens with two attached hydrogens (primary N) is 1. The first kappa shape index (κ1) is 24.5. The third-order valence-electron chi connectivity index (χ3n) is 6.24. The highest BCUT2D eigenvalue weighted by Crippen LogP contribution is 2.28. The van der Waals surface area contributed by atoms with Crippen molar-refractivity contribution in [3.63, 3.8) is 0 Å². The van der Waals surface area contributed by atoms with Gasteiger partial charge in [-0.3, -0.25) is 14.4 Å². The van der Waals surface area contributed by atoms with Crippen LogP contribution >= 0.6 is 0 Å². The lowest BCUT2D eigenvalue weighted by molar-refractivity contribution is -0.131. The topological polar surface area (TPSA) is 111 Å². The van der Waals surface area contributed by atoms with Crippen LogP contribution in [-0.2, 0) is 9.59 Å². The van der Waals surface area contributed by atoms with Gasteiger partial charge in [-0.1, -0.05) is 30.7 Å². The molecule has 0 radical (unpaired) electrons. The predicted molar refractivity (Wildman–Crippen MR) is 128 cm³/mol. The lowest BCUT2D eigenvalue weighted by Gasteiger charge is -2.28. The van der Waals surface area contributed by atoms with E-state index in [0.29, 0.717) is 24.1 Å². The Morgan fingerprint density at radius 1 is 1.06 bits per heavy atom. The Kier molecular flexibility index (Phi) is 8.60. The second-order valence-electron chi connectivity index (χ2n) is 8.77. The van der Waals surface area contributed by atoms with Crippen LogP contribution in [0.5, 0.6) is 5.75 Å². The fraction of sp³-hybridized carbons (Fsp3) is 0.423. The third kappa shape index (κ3) is 6.89. The van der Waals surface area contributed by atoms with E-state index in [1.165, 1.54) is 19.8 Å². The van der Waals surface area contributed by atoms with Gasteiger partial charge in [0.1, 0.15) is 5.75 Å². The summed E-state index contributed by atoms with van der Waals surface area (Å²) in [6.07, 6.45) is 4.59. The van der Waals surface area contributed by atoms with Crippen molar-refractivity contribution < 1.29 is 19.1 Å². The number of carbonyl (C=O) groups excluding carboxylic acids is 3. The number of carbonyl (C=O) groups is 3. The predicted octanol–water partition coefficient (Wildman–Crippen LogP) is 3.85. The van der Waals surface area contributed by atoms with Crippen LogP contribution in [0.25, 0.3) is 0 Å². The Morgan fingerprint density at radius 2 is 1.76 bits per heavy atom. The van der Waals surface area contributed by atoms with Crippen molar-refractivity contribution >= 4 is 23.5 Å². The Bertz CT molecular complexity index is 974. The largest absolute Gasteiger partial charge is 0.426 e. The molecule has 2 aromatic carbocycles. The first-order chi connectivity index (χ1) is 15.9. The summed E-state index contributed by atoms with van der Waals surface area (Å²) in [5.74, 6) is 0.103. The number of amides is 2. The van der Waals surface area contributed by atoms with Crippen LogP contribution in [0.4, 0.5) is 5.69 Å². The molecule has 2 aromatic rings. The molecule has 0 bridgehead atoms. The monoisotopic (exact) mass is 451 g/mol. The highest BCUT2D eigenvalue weighted by atomic mass is 16.5. The van der Waals surface area contributed by atoms with Gasteiger partial charge in [-0.05, 0) is 74.4 Å². The van der Waals surface area contributed by atoms with E-state index >= 15 is 0 Å². The fourth-order valence-electron chi connectivity index (χ4n) is 4.30. The quantitative estimate of drug-likeness (QED) is 0.417. The SMILES string of the molecule is CC(=O)Oc1ccccc1C(=O)Nc1ccc(C(C)C(=O)NCC2CCCC(CN)C2)cc1. The molecule has 3 atom stereocenters. The fourth-order valence-corrected chi connectivity index (χ4v) is 4.30. The zero-order valence-electron chi connectivity index (χ0n) is 19.3. The summed E-state index contributed by atoms with van der Waals surface area (Å²) < 4.78 is 5.11. The van der Waals surface area contributed by atoms with Crippen LogP contribution in [0.15, 0.2) is 48.5 Å². The Balaban J connectivity index is 1.55. The summed E-state index contributed by atoms with van der Waals surface area (Å²) in [5.41, 5.74) is 7.54. The molecule has 3 unspecified atom stereocenters. The third-order valence-corrected chi connectivity index (χ3v) is 6.24. The molecule has 176 valence electrons. The zero-order valence-corrected chi connectivity index (χ0v) is 19.3. The van der Waals surface area contributed by atoms with Crippen molar-refractivity contribution in [3.8, 4) is 5.75 Å². The van der Waals surface area contributed by atoms with E-state index in [-0.39, 0.29) is 29.0 Å². The van der Waals surface area contributed by atoms with E-state index < -0.39 is 5.97 Å². The molecule has 1 fully saturated rings. The van der Waals surface area contributed by atoms with Gasteiger partial charge in [-0.2, -0.15) is 0 Å². The van der Waals surface area contributed by atoms with Crippen LogP contribution in [0.2, 0.25) is 0 Å². The summed E-state index contributed by atoms with van der Waals surface area (Å²) >= 11 is 0. The zero-order chi connectivity index (χ0) is 23.8. The Labute approximate surface area is 195 Å². The minimum Gasteiger partial charge on any atom is -0.426 e. The number of ether oxygens (including phenoxy) is 1. The number of hydrogen-bond acceptors (Lipinski definition) is 5. The maximum Gasteiger partial charge on any atom is 0.308 e. The normalized spacial score (nSPS) is 18.8. The number of para-hydroxylation sites is 1. The smallest absolute Gasteiger partial charge is 0.308 e. The summed E-state index contributed by atoms with van der Waals surface area (Å²) in [4.78, 5) is 36.6. The van der Waals surface area contributed by atoms with Crippen molar-refractivity contribution in [1.82, 2.24) is 5.32 Å². The van der Waals surface area contributed by atoms with Crippen LogP contribution in [0.1, 0.15) is 61.4 Å². The lowest BCUT2D eigenvalue weighted by Crippen LogP contribution is -2.35. The first-order valence-corrected chi connectivity index (χ1v) is 11.5. The van der Waals surface area contributed by atoms with E-state index in [9.17, 15) is 14.4 Å². The number of rotatable bonds is 8. The number of benzene rings is 2. The van der Waals surface area contributed by atoms with Gasteiger partial charge in [0.05, 0.1) is 11.5 Å². The molecule has 0 heterocycles. The van der Waals surface area contributed by atoms with E-state index in [2.05, 4.69) is 10.6 Å². The van der Waals surface area contributed by atoms with E-state index in [4.69, 9.17) is 10.5 Å². The molecule has 0 spiro atoms. The molecule has 33 heavy (non-hydrogen) atoms. The lowest BCUT2D eigenvalue weighted by atomic mass is 9.81. The van der Waals surface area contributed by atoms with Crippen LogP contribution in [0.3, 0.4) is 0 Å². The van der Waals surface area contributed by atoms with E-state index in [1.807, 2.05) is 19.1 Å². The molecule has 1 saturated carbocycles. The average Bonchev–Trinajstić information content (AvgIpc) is 2.82. The number of esters is 1. The molecule has 7 nitrogen and oxygen atoms in total. The number of anilines is 1. The average molecular weight is 452 g/mol. The highest BCUT2D eigenvalue weighted by Gasteiger charge is 2.23. The summed E-state index contributed by atoms with van der Waals surface area (Å²) in [6, 6.07) is 13.8. The van der Waals surface area contributed by atoms with Gasteiger partial charge in [0.2, 0.25) is 5.91 Å². The number of hydrogen-bond donors (Lipinski definition) is 3. The van der Waals surface area contributed by atoms with Crippen molar-refractivity contribution in [1.29, 1.82) is 0 Å². The number of nitrogens with one attached hydrogen (secondary N) is 2. The maximum absolute atomic E-state index is 12.7. The molecule has 0 aliphatic heterocycles.